The van der Waals surface area contributed by atoms with Crippen molar-refractivity contribution in [2.24, 2.45) is 0 Å². The van der Waals surface area contributed by atoms with Gasteiger partial charge in [0.2, 0.25) is 0 Å². The molecular weight excluding hydrogens is 295 g/mol. The predicted molar refractivity (Wildman–Crippen MR) is 88.1 cm³/mol. The molecule has 0 aliphatic rings. The number of carbonyl (C=O) groups excluding carboxylic acids is 1. The van der Waals surface area contributed by atoms with Gasteiger partial charge < -0.3 is 14.2 Å². The van der Waals surface area contributed by atoms with Gasteiger partial charge in [-0.1, -0.05) is 0 Å². The van der Waals surface area contributed by atoms with Gasteiger partial charge in [0.15, 0.2) is 0 Å². The van der Waals surface area contributed by atoms with Gasteiger partial charge in [-0.15, -0.1) is 0 Å². The Morgan fingerprint density at radius 3 is 2.78 bits per heavy atom. The molecule has 7 heteroatoms. The summed E-state index contributed by atoms with van der Waals surface area (Å²) < 4.78 is 11.9. The summed E-state index contributed by atoms with van der Waals surface area (Å²) in [6, 6.07) is 5.27. The molecule has 0 radical (unpaired) electrons. The van der Waals surface area contributed by atoms with E-state index in [0.29, 0.717) is 16.8 Å². The molecule has 3 heterocycles. The number of hydrogen-bond acceptors (Lipinski definition) is 5. The Morgan fingerprint density at radius 2 is 2.17 bits per heavy atom. The number of aromatic nitrogens is 2. The number of nitrogens with zero attached hydrogens (tertiary/aromatic N) is 2. The molecular formula is C16H17BN2O4. The Kier molecular flexibility index (Phi) is 3.73. The van der Waals surface area contributed by atoms with E-state index < -0.39 is 11.7 Å². The van der Waals surface area contributed by atoms with Crippen molar-refractivity contribution >= 4 is 30.1 Å². The van der Waals surface area contributed by atoms with Crippen molar-refractivity contribution in [1.29, 1.82) is 0 Å². The van der Waals surface area contributed by atoms with Crippen LogP contribution in [0.5, 0.6) is 0 Å². The van der Waals surface area contributed by atoms with E-state index in [1.165, 1.54) is 4.57 Å². The Balaban J connectivity index is 2.19. The molecule has 0 bridgehead atoms. The molecule has 3 aromatic heterocycles. The first-order valence-electron chi connectivity index (χ1n) is 7.27. The second kappa shape index (κ2) is 5.59. The van der Waals surface area contributed by atoms with Gasteiger partial charge in [-0.25, -0.2) is 4.79 Å². The molecule has 0 aliphatic heterocycles. The highest BCUT2D eigenvalue weighted by Gasteiger charge is 2.23. The van der Waals surface area contributed by atoms with Gasteiger partial charge in [-0.05, 0) is 39.0 Å². The zero-order valence-corrected chi connectivity index (χ0v) is 13.2. The summed E-state index contributed by atoms with van der Waals surface area (Å²) in [6.45, 7) is 5.40. The van der Waals surface area contributed by atoms with E-state index in [1.54, 1.807) is 57.7 Å². The molecule has 23 heavy (non-hydrogen) atoms. The van der Waals surface area contributed by atoms with Gasteiger partial charge in [0, 0.05) is 22.7 Å². The van der Waals surface area contributed by atoms with Crippen LogP contribution in [0.25, 0.3) is 22.2 Å². The zero-order valence-electron chi connectivity index (χ0n) is 13.2. The topological polar surface area (TPSA) is 77.5 Å². The largest absolute Gasteiger partial charge is 0.472 e. The van der Waals surface area contributed by atoms with E-state index >= 15 is 0 Å². The normalized spacial score (nSPS) is 11.7. The van der Waals surface area contributed by atoms with Crippen LogP contribution in [0, 0.1) is 0 Å². The second-order valence-corrected chi connectivity index (χ2v) is 6.21. The zero-order chi connectivity index (χ0) is 16.6. The first-order chi connectivity index (χ1) is 10.9. The van der Waals surface area contributed by atoms with E-state index in [-0.39, 0.29) is 7.48 Å². The van der Waals surface area contributed by atoms with Crippen molar-refractivity contribution in [2.75, 3.05) is 0 Å². The minimum atomic E-state index is -0.624. The molecule has 3 aromatic rings. The highest BCUT2D eigenvalue weighted by molar-refractivity contribution is 6.46. The van der Waals surface area contributed by atoms with Crippen molar-refractivity contribution in [1.82, 2.24) is 9.55 Å². The molecule has 0 unspecified atom stereocenters. The number of rotatable bonds is 2. The summed E-state index contributed by atoms with van der Waals surface area (Å²) in [6.07, 6.45) is 4.24. The quantitative estimate of drug-likeness (QED) is 0.733. The summed E-state index contributed by atoms with van der Waals surface area (Å²) in [5.41, 5.74) is 1.96. The van der Waals surface area contributed by atoms with Gasteiger partial charge in [0.1, 0.15) is 5.60 Å². The molecule has 1 N–H and O–H groups in total. The molecule has 3 rings (SSSR count). The van der Waals surface area contributed by atoms with Crippen LogP contribution in [0.3, 0.4) is 0 Å². The Labute approximate surface area is 134 Å². The molecule has 0 saturated carbocycles. The van der Waals surface area contributed by atoms with Crippen molar-refractivity contribution in [3.8, 4) is 11.3 Å². The lowest BCUT2D eigenvalue weighted by Gasteiger charge is -2.20. The van der Waals surface area contributed by atoms with Crippen LogP contribution in [0.4, 0.5) is 4.79 Å². The predicted octanol–water partition coefficient (Wildman–Crippen LogP) is 2.05. The van der Waals surface area contributed by atoms with E-state index in [9.17, 15) is 9.82 Å². The van der Waals surface area contributed by atoms with E-state index in [1.807, 2.05) is 0 Å². The lowest BCUT2D eigenvalue weighted by atomic mass is 9.96. The average molecular weight is 312 g/mol. The van der Waals surface area contributed by atoms with Crippen LogP contribution in [-0.4, -0.2) is 33.8 Å². The van der Waals surface area contributed by atoms with E-state index in [2.05, 4.69) is 4.98 Å². The minimum absolute atomic E-state index is 0.279. The number of pyridine rings is 1. The monoisotopic (exact) mass is 312 g/mol. The maximum atomic E-state index is 12.5. The lowest BCUT2D eigenvalue weighted by Crippen LogP contribution is -2.34. The number of furan rings is 1. The van der Waals surface area contributed by atoms with Crippen LogP contribution in [-0.2, 0) is 4.74 Å². The first-order valence-corrected chi connectivity index (χ1v) is 7.27. The molecule has 0 amide bonds. The minimum Gasteiger partial charge on any atom is -0.472 e. The summed E-state index contributed by atoms with van der Waals surface area (Å²) in [7, 11) is -0.279. The van der Waals surface area contributed by atoms with Gasteiger partial charge in [0.25, 0.3) is 0 Å². The van der Waals surface area contributed by atoms with Crippen molar-refractivity contribution in [3.63, 3.8) is 0 Å². The highest BCUT2D eigenvalue weighted by Crippen LogP contribution is 2.27. The summed E-state index contributed by atoms with van der Waals surface area (Å²) in [5.74, 6) is 0. The Hall–Kier alpha value is -2.54. The molecule has 0 aromatic carbocycles. The third-order valence-electron chi connectivity index (χ3n) is 3.34. The molecule has 0 spiro atoms. The first kappa shape index (κ1) is 15.4. The van der Waals surface area contributed by atoms with Gasteiger partial charge in [0.05, 0.1) is 23.7 Å². The smallest absolute Gasteiger partial charge is 0.418 e. The van der Waals surface area contributed by atoms with E-state index in [4.69, 9.17) is 9.15 Å². The lowest BCUT2D eigenvalue weighted by molar-refractivity contribution is 0.0549. The second-order valence-electron chi connectivity index (χ2n) is 6.21. The fourth-order valence-electron chi connectivity index (χ4n) is 2.45. The molecule has 0 aliphatic carbocycles. The number of fused-ring (bicyclic) bond motifs is 1. The molecule has 6 nitrogen and oxygen atoms in total. The maximum absolute atomic E-state index is 12.5. The summed E-state index contributed by atoms with van der Waals surface area (Å²) >= 11 is 0. The van der Waals surface area contributed by atoms with Crippen molar-refractivity contribution < 1.29 is 19.0 Å². The summed E-state index contributed by atoms with van der Waals surface area (Å²) in [5, 5.41) is 10.4. The van der Waals surface area contributed by atoms with Crippen LogP contribution >= 0.6 is 0 Å². The Morgan fingerprint density at radius 1 is 1.39 bits per heavy atom. The third-order valence-corrected chi connectivity index (χ3v) is 3.34. The number of hydrogen-bond donors (Lipinski definition) is 1. The summed E-state index contributed by atoms with van der Waals surface area (Å²) in [4.78, 5) is 16.9. The molecule has 118 valence electrons. The molecule has 0 saturated heterocycles. The van der Waals surface area contributed by atoms with E-state index in [0.717, 1.165) is 10.9 Å². The fourth-order valence-corrected chi connectivity index (χ4v) is 2.45. The van der Waals surface area contributed by atoms with Gasteiger partial charge >= 0.3 is 13.6 Å². The van der Waals surface area contributed by atoms with Crippen LogP contribution < -0.4 is 5.59 Å². The Bertz CT molecular complexity index is 847. The number of carbonyl (C=O) groups is 1. The average Bonchev–Trinajstić information content (AvgIpc) is 3.11. The van der Waals surface area contributed by atoms with Crippen LogP contribution in [0.2, 0.25) is 0 Å². The maximum Gasteiger partial charge on any atom is 0.418 e. The van der Waals surface area contributed by atoms with Gasteiger partial charge in [-0.2, -0.15) is 0 Å². The highest BCUT2D eigenvalue weighted by atomic mass is 16.6. The molecule has 0 fully saturated rings. The number of ether oxygens (including phenoxy) is 1. The standard InChI is InChI=1S/C16H17BN2O4/c1-16(2,3)23-15(20)19-12-4-6-18-14(10-5-7-22-9-10)11(12)8-13(19)17-21/h4-9,17,21H,1-3H3. The SMILES string of the molecule is CC(C)(C)OC(=O)n1c(BO)cc2c(-c3ccoc3)nccc21. The van der Waals surface area contributed by atoms with Crippen molar-refractivity contribution in [2.45, 2.75) is 26.4 Å². The van der Waals surface area contributed by atoms with Crippen LogP contribution in [0.15, 0.2) is 41.3 Å². The van der Waals surface area contributed by atoms with Crippen LogP contribution in [0.1, 0.15) is 20.8 Å². The van der Waals surface area contributed by atoms with Crippen molar-refractivity contribution in [3.05, 3.63) is 36.9 Å². The van der Waals surface area contributed by atoms with Gasteiger partial charge in [-0.3, -0.25) is 9.55 Å². The molecule has 0 atom stereocenters. The third kappa shape index (κ3) is 2.87. The fraction of sp³-hybridized carbons (Fsp3) is 0.250.